The number of halogens is 1. The highest BCUT2D eigenvalue weighted by Crippen LogP contribution is 2.34. The fraction of sp³-hybridized carbons (Fsp3) is 0.188. The first kappa shape index (κ1) is 15.8. The van der Waals surface area contributed by atoms with Crippen molar-refractivity contribution in [2.75, 3.05) is 18.5 Å². The Labute approximate surface area is 139 Å². The summed E-state index contributed by atoms with van der Waals surface area (Å²) in [6.07, 6.45) is 0. The summed E-state index contributed by atoms with van der Waals surface area (Å²) < 4.78 is 30.3. The Morgan fingerprint density at radius 1 is 1.22 bits per heavy atom. The SMILES string of the molecule is CN1CC(=O)Oc2ccc(S(=O)(=O)Cc3cccc(Cl)c3)cc21. The van der Waals surface area contributed by atoms with Crippen molar-refractivity contribution in [3.63, 3.8) is 0 Å². The van der Waals surface area contributed by atoms with Crippen LogP contribution in [0.4, 0.5) is 5.69 Å². The fourth-order valence-corrected chi connectivity index (χ4v) is 4.00. The minimum Gasteiger partial charge on any atom is -0.423 e. The van der Waals surface area contributed by atoms with E-state index in [1.807, 2.05) is 0 Å². The number of anilines is 1. The van der Waals surface area contributed by atoms with Gasteiger partial charge in [-0.1, -0.05) is 23.7 Å². The Morgan fingerprint density at radius 3 is 2.74 bits per heavy atom. The molecule has 120 valence electrons. The summed E-state index contributed by atoms with van der Waals surface area (Å²) in [6, 6.07) is 11.2. The normalized spacial score (nSPS) is 14.3. The predicted octanol–water partition coefficient (Wildman–Crippen LogP) is 2.67. The second-order valence-corrected chi connectivity index (χ2v) is 7.77. The van der Waals surface area contributed by atoms with Gasteiger partial charge in [-0.3, -0.25) is 0 Å². The van der Waals surface area contributed by atoms with Crippen molar-refractivity contribution in [3.8, 4) is 5.75 Å². The first-order chi connectivity index (χ1) is 10.8. The highest BCUT2D eigenvalue weighted by molar-refractivity contribution is 7.90. The van der Waals surface area contributed by atoms with E-state index < -0.39 is 9.84 Å². The van der Waals surface area contributed by atoms with Crippen molar-refractivity contribution in [1.82, 2.24) is 0 Å². The number of nitrogens with zero attached hydrogens (tertiary/aromatic N) is 1. The molecule has 0 aliphatic carbocycles. The number of benzene rings is 2. The van der Waals surface area contributed by atoms with Crippen LogP contribution >= 0.6 is 11.6 Å². The molecule has 5 nitrogen and oxygen atoms in total. The highest BCUT2D eigenvalue weighted by atomic mass is 35.5. The van der Waals surface area contributed by atoms with Crippen LogP contribution in [0, 0.1) is 0 Å². The molecule has 1 aliphatic heterocycles. The fourth-order valence-electron chi connectivity index (χ4n) is 2.44. The molecule has 0 N–H and O–H groups in total. The summed E-state index contributed by atoms with van der Waals surface area (Å²) in [5, 5.41) is 0.495. The smallest absolute Gasteiger partial charge is 0.330 e. The van der Waals surface area contributed by atoms with E-state index in [2.05, 4.69) is 0 Å². The molecular formula is C16H14ClNO4S. The Morgan fingerprint density at radius 2 is 2.00 bits per heavy atom. The Balaban J connectivity index is 1.95. The van der Waals surface area contributed by atoms with Gasteiger partial charge >= 0.3 is 5.97 Å². The van der Waals surface area contributed by atoms with Crippen molar-refractivity contribution in [3.05, 3.63) is 53.1 Å². The summed E-state index contributed by atoms with van der Waals surface area (Å²) in [7, 11) is -1.81. The van der Waals surface area contributed by atoms with Gasteiger partial charge in [-0.25, -0.2) is 13.2 Å². The van der Waals surface area contributed by atoms with E-state index in [1.54, 1.807) is 36.2 Å². The quantitative estimate of drug-likeness (QED) is 0.628. The zero-order valence-corrected chi connectivity index (χ0v) is 13.9. The molecule has 0 spiro atoms. The van der Waals surface area contributed by atoms with E-state index in [0.717, 1.165) is 0 Å². The second-order valence-electron chi connectivity index (χ2n) is 5.35. The van der Waals surface area contributed by atoms with Gasteiger partial charge in [0.05, 0.1) is 16.3 Å². The number of carbonyl (C=O) groups is 1. The molecule has 2 aromatic rings. The molecule has 0 saturated heterocycles. The zero-order valence-electron chi connectivity index (χ0n) is 12.3. The summed E-state index contributed by atoms with van der Waals surface area (Å²) in [6.45, 7) is 0.0881. The lowest BCUT2D eigenvalue weighted by Gasteiger charge is -2.26. The number of sulfone groups is 1. The molecule has 0 fully saturated rings. The van der Waals surface area contributed by atoms with E-state index >= 15 is 0 Å². The molecule has 0 unspecified atom stereocenters. The highest BCUT2D eigenvalue weighted by Gasteiger charge is 2.24. The monoisotopic (exact) mass is 351 g/mol. The molecule has 2 aromatic carbocycles. The number of fused-ring (bicyclic) bond motifs is 1. The van der Waals surface area contributed by atoms with Gasteiger partial charge in [-0.15, -0.1) is 0 Å². The Bertz CT molecular complexity index is 879. The molecule has 3 rings (SSSR count). The number of ether oxygens (including phenoxy) is 1. The van der Waals surface area contributed by atoms with Crippen LogP contribution in [0.15, 0.2) is 47.4 Å². The van der Waals surface area contributed by atoms with Gasteiger partial charge in [0, 0.05) is 12.1 Å². The molecule has 0 saturated carbocycles. The minimum atomic E-state index is -3.53. The number of carbonyl (C=O) groups excluding carboxylic acids is 1. The van der Waals surface area contributed by atoms with E-state index in [1.165, 1.54) is 18.2 Å². The second kappa shape index (κ2) is 5.86. The zero-order chi connectivity index (χ0) is 16.6. The van der Waals surface area contributed by atoms with Crippen LogP contribution < -0.4 is 9.64 Å². The third-order valence-electron chi connectivity index (χ3n) is 3.54. The maximum atomic E-state index is 12.6. The predicted molar refractivity (Wildman–Crippen MR) is 87.7 cm³/mol. The number of hydrogen-bond acceptors (Lipinski definition) is 5. The number of hydrogen-bond donors (Lipinski definition) is 0. The molecule has 1 heterocycles. The van der Waals surface area contributed by atoms with Crippen LogP contribution in [0.1, 0.15) is 5.56 Å². The van der Waals surface area contributed by atoms with Gasteiger partial charge in [0.2, 0.25) is 0 Å². The lowest BCUT2D eigenvalue weighted by Crippen LogP contribution is -2.33. The van der Waals surface area contributed by atoms with Crippen LogP contribution in [0.5, 0.6) is 5.75 Å². The summed E-state index contributed by atoms with van der Waals surface area (Å²) in [5.74, 6) is -0.143. The Hall–Kier alpha value is -2.05. The number of likely N-dealkylation sites (N-methyl/N-ethyl adjacent to an activating group) is 1. The molecule has 0 bridgehead atoms. The molecule has 0 radical (unpaired) electrons. The standard InChI is InChI=1S/C16H14ClNO4S/c1-18-9-16(19)22-15-6-5-13(8-14(15)18)23(20,21)10-11-3-2-4-12(17)7-11/h2-8H,9-10H2,1H3. The van der Waals surface area contributed by atoms with Crippen molar-refractivity contribution in [1.29, 1.82) is 0 Å². The first-order valence-electron chi connectivity index (χ1n) is 6.88. The average Bonchev–Trinajstić information content (AvgIpc) is 2.46. The topological polar surface area (TPSA) is 63.7 Å². The maximum Gasteiger partial charge on any atom is 0.330 e. The van der Waals surface area contributed by atoms with Gasteiger partial charge in [0.1, 0.15) is 6.54 Å². The minimum absolute atomic E-state index is 0.0881. The van der Waals surface area contributed by atoms with Crippen molar-refractivity contribution in [2.24, 2.45) is 0 Å². The third-order valence-corrected chi connectivity index (χ3v) is 5.46. The van der Waals surface area contributed by atoms with E-state index in [4.69, 9.17) is 16.3 Å². The summed E-state index contributed by atoms with van der Waals surface area (Å²) >= 11 is 5.90. The van der Waals surface area contributed by atoms with Gasteiger partial charge in [-0.05, 0) is 35.9 Å². The van der Waals surface area contributed by atoms with Gasteiger partial charge in [-0.2, -0.15) is 0 Å². The average molecular weight is 352 g/mol. The Kier molecular flexibility index (Phi) is 4.04. The summed E-state index contributed by atoms with van der Waals surface area (Å²) in [5.41, 5.74) is 1.20. The lowest BCUT2D eigenvalue weighted by molar-refractivity contribution is -0.133. The van der Waals surface area contributed by atoms with Gasteiger partial charge in [0.25, 0.3) is 0 Å². The van der Waals surface area contributed by atoms with Gasteiger partial charge in [0.15, 0.2) is 15.6 Å². The first-order valence-corrected chi connectivity index (χ1v) is 8.91. The molecule has 7 heteroatoms. The van der Waals surface area contributed by atoms with Gasteiger partial charge < -0.3 is 9.64 Å². The van der Waals surface area contributed by atoms with Crippen LogP contribution in [0.2, 0.25) is 5.02 Å². The molecular weight excluding hydrogens is 338 g/mol. The van der Waals surface area contributed by atoms with Crippen molar-refractivity contribution < 1.29 is 17.9 Å². The lowest BCUT2D eigenvalue weighted by atomic mass is 10.2. The van der Waals surface area contributed by atoms with Crippen LogP contribution in [-0.2, 0) is 20.4 Å². The summed E-state index contributed by atoms with van der Waals surface area (Å²) in [4.78, 5) is 13.2. The number of rotatable bonds is 3. The van der Waals surface area contributed by atoms with Crippen LogP contribution in [-0.4, -0.2) is 28.0 Å². The molecule has 0 atom stereocenters. The van der Waals surface area contributed by atoms with E-state index in [-0.39, 0.29) is 23.2 Å². The van der Waals surface area contributed by atoms with Crippen molar-refractivity contribution in [2.45, 2.75) is 10.6 Å². The largest absolute Gasteiger partial charge is 0.423 e. The van der Waals surface area contributed by atoms with Crippen LogP contribution in [0.25, 0.3) is 0 Å². The van der Waals surface area contributed by atoms with Crippen LogP contribution in [0.3, 0.4) is 0 Å². The molecule has 23 heavy (non-hydrogen) atoms. The molecule has 0 amide bonds. The molecule has 0 aromatic heterocycles. The third kappa shape index (κ3) is 3.33. The molecule has 1 aliphatic rings. The maximum absolute atomic E-state index is 12.6. The van der Waals surface area contributed by atoms with E-state index in [9.17, 15) is 13.2 Å². The number of esters is 1. The van der Waals surface area contributed by atoms with E-state index in [0.29, 0.717) is 22.0 Å². The van der Waals surface area contributed by atoms with Crippen molar-refractivity contribution >= 4 is 33.1 Å².